The first-order valence-electron chi connectivity index (χ1n) is 3.99. The van der Waals surface area contributed by atoms with Crippen LogP contribution in [0.5, 0.6) is 0 Å². The van der Waals surface area contributed by atoms with Gasteiger partial charge in [-0.25, -0.2) is 4.98 Å². The minimum Gasteiger partial charge on any atom is -0.349 e. The highest BCUT2D eigenvalue weighted by Crippen LogP contribution is 2.19. The third-order valence-electron chi connectivity index (χ3n) is 1.62. The number of halogens is 1. The van der Waals surface area contributed by atoms with Gasteiger partial charge >= 0.3 is 0 Å². The van der Waals surface area contributed by atoms with Crippen LogP contribution in [0.3, 0.4) is 0 Å². The van der Waals surface area contributed by atoms with Crippen molar-refractivity contribution in [3.8, 4) is 0 Å². The van der Waals surface area contributed by atoms with Gasteiger partial charge in [0.1, 0.15) is 0 Å². The van der Waals surface area contributed by atoms with Crippen molar-refractivity contribution in [2.24, 2.45) is 4.99 Å². The van der Waals surface area contributed by atoms with Crippen molar-refractivity contribution in [3.05, 3.63) is 15.5 Å². The predicted molar refractivity (Wildman–Crippen MR) is 65.5 cm³/mol. The smallest absolute Gasteiger partial charge is 0.183 e. The summed E-state index contributed by atoms with van der Waals surface area (Å²) in [5.74, 6) is 0. The van der Waals surface area contributed by atoms with Gasteiger partial charge in [0.25, 0.3) is 0 Å². The molecule has 1 rings (SSSR count). The second-order valence-corrected chi connectivity index (χ2v) is 5.12. The van der Waals surface area contributed by atoms with Gasteiger partial charge in [0.15, 0.2) is 9.63 Å². The molecule has 0 saturated carbocycles. The first-order chi connectivity index (χ1) is 6.67. The average molecular weight is 250 g/mol. The molecule has 0 N–H and O–H groups in total. The highest BCUT2D eigenvalue weighted by atomic mass is 35.5. The fraction of sp³-hybridized carbons (Fsp3) is 0.500. The molecule has 0 atom stereocenters. The molecule has 0 spiro atoms. The molecule has 0 fully saturated rings. The number of aromatic nitrogens is 1. The zero-order valence-electron chi connectivity index (χ0n) is 8.32. The lowest BCUT2D eigenvalue weighted by Gasteiger charge is -2.17. The number of aliphatic imine (C=N–C) groups is 1. The van der Waals surface area contributed by atoms with Crippen LogP contribution in [0.25, 0.3) is 0 Å². The van der Waals surface area contributed by atoms with E-state index in [1.807, 2.05) is 13.3 Å². The minimum atomic E-state index is 0.590. The molecule has 0 aromatic carbocycles. The van der Waals surface area contributed by atoms with Crippen molar-refractivity contribution in [1.29, 1.82) is 0 Å². The fourth-order valence-electron chi connectivity index (χ4n) is 1.08. The van der Waals surface area contributed by atoms with Crippen LogP contribution in [0.1, 0.15) is 4.88 Å². The van der Waals surface area contributed by atoms with E-state index in [0.29, 0.717) is 4.47 Å². The average Bonchev–Trinajstić information content (AvgIpc) is 2.53. The number of amidine groups is 1. The molecule has 0 bridgehead atoms. The Morgan fingerprint density at radius 1 is 1.79 bits per heavy atom. The lowest BCUT2D eigenvalue weighted by atomic mass is 10.5. The highest BCUT2D eigenvalue weighted by Gasteiger charge is 2.07. The third-order valence-corrected chi connectivity index (χ3v) is 3.58. The molecule has 6 heteroatoms. The lowest BCUT2D eigenvalue weighted by Crippen LogP contribution is -2.22. The number of thiazole rings is 1. The monoisotopic (exact) mass is 249 g/mol. The maximum Gasteiger partial charge on any atom is 0.183 e. The number of hydrogen-bond donors (Lipinski definition) is 0. The number of thioether (sulfide) groups is 1. The summed E-state index contributed by atoms with van der Waals surface area (Å²) < 4.78 is 0.590. The summed E-state index contributed by atoms with van der Waals surface area (Å²) in [6.45, 7) is 0.803. The van der Waals surface area contributed by atoms with E-state index in [2.05, 4.69) is 14.9 Å². The van der Waals surface area contributed by atoms with Crippen LogP contribution in [0, 0.1) is 0 Å². The highest BCUT2D eigenvalue weighted by molar-refractivity contribution is 8.13. The second-order valence-electron chi connectivity index (χ2n) is 2.65. The molecule has 0 aliphatic carbocycles. The van der Waals surface area contributed by atoms with E-state index in [1.165, 1.54) is 11.3 Å². The van der Waals surface area contributed by atoms with Crippen molar-refractivity contribution in [1.82, 2.24) is 9.88 Å². The molecular weight excluding hydrogens is 238 g/mol. The molecule has 0 unspecified atom stereocenters. The van der Waals surface area contributed by atoms with E-state index < -0.39 is 0 Å². The van der Waals surface area contributed by atoms with Gasteiger partial charge in [0.05, 0.1) is 6.54 Å². The van der Waals surface area contributed by atoms with Crippen LogP contribution >= 0.6 is 34.7 Å². The molecule has 0 saturated heterocycles. The molecule has 1 heterocycles. The first kappa shape index (κ1) is 11.8. The van der Waals surface area contributed by atoms with E-state index >= 15 is 0 Å². The van der Waals surface area contributed by atoms with Crippen molar-refractivity contribution in [2.75, 3.05) is 20.4 Å². The maximum atomic E-state index is 5.74. The van der Waals surface area contributed by atoms with Crippen LogP contribution in [0.4, 0.5) is 0 Å². The molecule has 0 radical (unpaired) electrons. The van der Waals surface area contributed by atoms with Crippen molar-refractivity contribution in [3.63, 3.8) is 0 Å². The zero-order valence-corrected chi connectivity index (χ0v) is 10.7. The standard InChI is InChI=1S/C8H12ClN3S2/c1-10-8(13-3)12(2)5-6-4-11-7(9)14-6/h4H,5H2,1-3H3/b10-8-. The Hall–Kier alpha value is -0.260. The topological polar surface area (TPSA) is 28.5 Å². The Bertz CT molecular complexity index is 324. The summed E-state index contributed by atoms with van der Waals surface area (Å²) in [7, 11) is 3.80. The Labute approximate surface area is 97.2 Å². The molecule has 1 aromatic rings. The molecule has 0 amide bonds. The normalized spacial score (nSPS) is 11.9. The zero-order chi connectivity index (χ0) is 10.6. The third kappa shape index (κ3) is 3.15. The van der Waals surface area contributed by atoms with Gasteiger partial charge in [-0.1, -0.05) is 23.4 Å². The van der Waals surface area contributed by atoms with Crippen LogP contribution in [-0.4, -0.2) is 35.4 Å². The molecule has 78 valence electrons. The molecule has 14 heavy (non-hydrogen) atoms. The largest absolute Gasteiger partial charge is 0.349 e. The summed E-state index contributed by atoms with van der Waals surface area (Å²) in [5, 5.41) is 1.01. The minimum absolute atomic E-state index is 0.590. The maximum absolute atomic E-state index is 5.74. The van der Waals surface area contributed by atoms with Crippen molar-refractivity contribution in [2.45, 2.75) is 6.54 Å². The van der Waals surface area contributed by atoms with Crippen molar-refractivity contribution < 1.29 is 0 Å². The quantitative estimate of drug-likeness (QED) is 0.596. The van der Waals surface area contributed by atoms with Gasteiger partial charge in [0, 0.05) is 25.2 Å². The van der Waals surface area contributed by atoms with Crippen LogP contribution < -0.4 is 0 Å². The number of hydrogen-bond acceptors (Lipinski definition) is 4. The van der Waals surface area contributed by atoms with Crippen LogP contribution in [0.2, 0.25) is 4.47 Å². The van der Waals surface area contributed by atoms with Gasteiger partial charge in [-0.05, 0) is 6.26 Å². The summed E-state index contributed by atoms with van der Waals surface area (Å²) >= 11 is 8.88. The van der Waals surface area contributed by atoms with Gasteiger partial charge in [-0.2, -0.15) is 0 Å². The Kier molecular flexibility index (Phi) is 4.71. The molecule has 1 aromatic heterocycles. The lowest BCUT2D eigenvalue weighted by molar-refractivity contribution is 0.515. The van der Waals surface area contributed by atoms with Crippen LogP contribution in [0.15, 0.2) is 11.2 Å². The fourth-order valence-corrected chi connectivity index (χ4v) is 2.67. The van der Waals surface area contributed by atoms with E-state index in [-0.39, 0.29) is 0 Å². The predicted octanol–water partition coefficient (Wildman–Crippen LogP) is 2.58. The van der Waals surface area contributed by atoms with E-state index in [9.17, 15) is 0 Å². The van der Waals surface area contributed by atoms with Crippen molar-refractivity contribution >= 4 is 39.9 Å². The van der Waals surface area contributed by atoms with E-state index in [4.69, 9.17) is 11.6 Å². The number of nitrogens with zero attached hydrogens (tertiary/aromatic N) is 3. The Balaban J connectivity index is 2.60. The van der Waals surface area contributed by atoms with Gasteiger partial charge in [-0.15, -0.1) is 11.3 Å². The summed E-state index contributed by atoms with van der Waals surface area (Å²) in [6.07, 6.45) is 3.82. The second kappa shape index (κ2) is 5.58. The molecule has 3 nitrogen and oxygen atoms in total. The number of rotatable bonds is 2. The first-order valence-corrected chi connectivity index (χ1v) is 6.41. The molecule has 0 aliphatic heterocycles. The summed E-state index contributed by atoms with van der Waals surface area (Å²) in [5.41, 5.74) is 0. The van der Waals surface area contributed by atoms with Gasteiger partial charge < -0.3 is 4.90 Å². The summed E-state index contributed by atoms with van der Waals surface area (Å²) in [6, 6.07) is 0. The van der Waals surface area contributed by atoms with Gasteiger partial charge in [0.2, 0.25) is 0 Å². The SMILES string of the molecule is C/N=C(\SC)N(C)Cc1cnc(Cl)s1. The molecule has 0 aliphatic rings. The molecular formula is C8H12ClN3S2. The van der Waals surface area contributed by atoms with E-state index in [1.54, 1.807) is 25.0 Å². The Morgan fingerprint density at radius 3 is 2.93 bits per heavy atom. The van der Waals surface area contributed by atoms with Gasteiger partial charge in [-0.3, -0.25) is 4.99 Å². The summed E-state index contributed by atoms with van der Waals surface area (Å²) in [4.78, 5) is 11.4. The van der Waals surface area contributed by atoms with Crippen LogP contribution in [-0.2, 0) is 6.54 Å². The Morgan fingerprint density at radius 2 is 2.50 bits per heavy atom. The van der Waals surface area contributed by atoms with E-state index in [0.717, 1.165) is 16.6 Å².